The number of nitrogens with zero attached hydrogens (tertiary/aromatic N) is 2. The lowest BCUT2D eigenvalue weighted by Crippen LogP contribution is -2.54. The summed E-state index contributed by atoms with van der Waals surface area (Å²) in [5.74, 6) is 1.80. The van der Waals surface area contributed by atoms with Crippen molar-refractivity contribution in [3.8, 4) is 5.75 Å². The Morgan fingerprint density at radius 3 is 2.86 bits per heavy atom. The third kappa shape index (κ3) is 3.38. The SMILES string of the molecule is CCNc1ccccc1N1CCN(c2cc3cc(OC)ccc3[nH]2)C(C=O)C1. The van der Waals surface area contributed by atoms with Gasteiger partial charge in [0.05, 0.1) is 18.5 Å². The van der Waals surface area contributed by atoms with E-state index in [0.29, 0.717) is 6.54 Å². The van der Waals surface area contributed by atoms with Crippen LogP contribution in [0, 0.1) is 0 Å². The Morgan fingerprint density at radius 2 is 2.07 bits per heavy atom. The van der Waals surface area contributed by atoms with E-state index in [1.54, 1.807) is 7.11 Å². The van der Waals surface area contributed by atoms with Gasteiger partial charge in [0, 0.05) is 37.1 Å². The number of nitrogens with one attached hydrogen (secondary N) is 2. The quantitative estimate of drug-likeness (QED) is 0.643. The van der Waals surface area contributed by atoms with Crippen LogP contribution in [-0.4, -0.2) is 50.6 Å². The lowest BCUT2D eigenvalue weighted by Gasteiger charge is -2.41. The van der Waals surface area contributed by atoms with Crippen LogP contribution in [0.25, 0.3) is 10.9 Å². The molecule has 146 valence electrons. The van der Waals surface area contributed by atoms with Crippen LogP contribution in [-0.2, 0) is 4.79 Å². The Balaban J connectivity index is 1.58. The second-order valence-electron chi connectivity index (χ2n) is 7.00. The lowest BCUT2D eigenvalue weighted by molar-refractivity contribution is -0.108. The molecule has 1 aliphatic rings. The zero-order valence-electron chi connectivity index (χ0n) is 16.3. The van der Waals surface area contributed by atoms with Crippen LogP contribution in [0.1, 0.15) is 6.92 Å². The summed E-state index contributed by atoms with van der Waals surface area (Å²) in [6.07, 6.45) is 1.05. The summed E-state index contributed by atoms with van der Waals surface area (Å²) in [6, 6.07) is 16.1. The van der Waals surface area contributed by atoms with Gasteiger partial charge in [0.2, 0.25) is 0 Å². The number of anilines is 3. The molecule has 1 atom stereocenters. The van der Waals surface area contributed by atoms with Gasteiger partial charge in [-0.05, 0) is 43.3 Å². The first-order valence-corrected chi connectivity index (χ1v) is 9.70. The van der Waals surface area contributed by atoms with Crippen molar-refractivity contribution in [2.24, 2.45) is 0 Å². The zero-order valence-corrected chi connectivity index (χ0v) is 16.3. The smallest absolute Gasteiger partial charge is 0.144 e. The van der Waals surface area contributed by atoms with Crippen LogP contribution in [0.15, 0.2) is 48.5 Å². The normalized spacial score (nSPS) is 17.0. The minimum Gasteiger partial charge on any atom is -0.497 e. The summed E-state index contributed by atoms with van der Waals surface area (Å²) >= 11 is 0. The fourth-order valence-electron chi connectivity index (χ4n) is 3.91. The molecule has 1 aliphatic heterocycles. The van der Waals surface area contributed by atoms with Gasteiger partial charge in [-0.25, -0.2) is 0 Å². The predicted molar refractivity (Wildman–Crippen MR) is 115 cm³/mol. The second-order valence-corrected chi connectivity index (χ2v) is 7.00. The standard InChI is InChI=1S/C22H26N4O2/c1-3-23-20-6-4-5-7-21(20)25-10-11-26(17(14-25)15-27)22-13-16-12-18(28-2)8-9-19(16)24-22/h4-9,12-13,15,17,23-24H,3,10-11,14H2,1-2H3. The van der Waals surface area contributed by atoms with Crippen LogP contribution in [0.2, 0.25) is 0 Å². The van der Waals surface area contributed by atoms with Crippen LogP contribution >= 0.6 is 0 Å². The van der Waals surface area contributed by atoms with E-state index in [4.69, 9.17) is 4.74 Å². The summed E-state index contributed by atoms with van der Waals surface area (Å²) in [5, 5.41) is 4.50. The number of hydrogen-bond donors (Lipinski definition) is 2. The molecule has 2 N–H and O–H groups in total. The number of piperazine rings is 1. The predicted octanol–water partition coefficient (Wildman–Crippen LogP) is 3.50. The maximum absolute atomic E-state index is 11.9. The van der Waals surface area contributed by atoms with Gasteiger partial charge in [-0.15, -0.1) is 0 Å². The zero-order chi connectivity index (χ0) is 19.5. The molecule has 6 heteroatoms. The molecule has 1 aromatic heterocycles. The Hall–Kier alpha value is -3.15. The molecule has 0 saturated carbocycles. The molecule has 1 unspecified atom stereocenters. The summed E-state index contributed by atoms with van der Waals surface area (Å²) in [4.78, 5) is 19.8. The molecular weight excluding hydrogens is 352 g/mol. The number of aromatic amines is 1. The molecule has 4 rings (SSSR count). The highest BCUT2D eigenvalue weighted by molar-refractivity contribution is 5.86. The average Bonchev–Trinajstić information content (AvgIpc) is 3.17. The number of aromatic nitrogens is 1. The molecule has 3 aromatic rings. The van der Waals surface area contributed by atoms with Crippen molar-refractivity contribution < 1.29 is 9.53 Å². The first-order valence-electron chi connectivity index (χ1n) is 9.70. The number of carbonyl (C=O) groups excluding carboxylic acids is 1. The molecule has 6 nitrogen and oxygen atoms in total. The number of para-hydroxylation sites is 2. The number of benzene rings is 2. The number of ether oxygens (including phenoxy) is 1. The molecule has 28 heavy (non-hydrogen) atoms. The summed E-state index contributed by atoms with van der Waals surface area (Å²) < 4.78 is 5.32. The van der Waals surface area contributed by atoms with E-state index in [2.05, 4.69) is 45.2 Å². The largest absolute Gasteiger partial charge is 0.497 e. The van der Waals surface area contributed by atoms with Gasteiger partial charge in [0.25, 0.3) is 0 Å². The minimum absolute atomic E-state index is 0.210. The summed E-state index contributed by atoms with van der Waals surface area (Å²) in [7, 11) is 1.67. The number of methoxy groups -OCH3 is 1. The van der Waals surface area contributed by atoms with E-state index < -0.39 is 0 Å². The lowest BCUT2D eigenvalue weighted by atomic mass is 10.1. The van der Waals surface area contributed by atoms with Gasteiger partial charge < -0.3 is 29.6 Å². The fourth-order valence-corrected chi connectivity index (χ4v) is 3.91. The van der Waals surface area contributed by atoms with Crippen molar-refractivity contribution in [3.05, 3.63) is 48.5 Å². The van der Waals surface area contributed by atoms with Crippen molar-refractivity contribution in [3.63, 3.8) is 0 Å². The highest BCUT2D eigenvalue weighted by Gasteiger charge is 2.29. The molecule has 2 heterocycles. The second kappa shape index (κ2) is 7.84. The van der Waals surface area contributed by atoms with Gasteiger partial charge in [0.15, 0.2) is 0 Å². The summed E-state index contributed by atoms with van der Waals surface area (Å²) in [5.41, 5.74) is 3.30. The number of aldehydes is 1. The first-order chi connectivity index (χ1) is 13.7. The maximum Gasteiger partial charge on any atom is 0.144 e. The number of carbonyl (C=O) groups is 1. The topological polar surface area (TPSA) is 60.6 Å². The monoisotopic (exact) mass is 378 g/mol. The van der Waals surface area contributed by atoms with Gasteiger partial charge in [-0.3, -0.25) is 0 Å². The van der Waals surface area contributed by atoms with E-state index in [1.165, 1.54) is 0 Å². The molecule has 1 saturated heterocycles. The number of H-pyrrole nitrogens is 1. The third-order valence-corrected chi connectivity index (χ3v) is 5.31. The van der Waals surface area contributed by atoms with Crippen LogP contribution in [0.5, 0.6) is 5.75 Å². The van der Waals surface area contributed by atoms with Crippen LogP contribution in [0.4, 0.5) is 17.2 Å². The van der Waals surface area contributed by atoms with Crippen LogP contribution in [0.3, 0.4) is 0 Å². The van der Waals surface area contributed by atoms with Crippen molar-refractivity contribution in [2.75, 3.05) is 48.4 Å². The molecular formula is C22H26N4O2. The summed E-state index contributed by atoms with van der Waals surface area (Å²) in [6.45, 7) is 5.24. The van der Waals surface area contributed by atoms with E-state index in [9.17, 15) is 4.79 Å². The van der Waals surface area contributed by atoms with Crippen molar-refractivity contribution in [1.29, 1.82) is 0 Å². The molecule has 0 aliphatic carbocycles. The van der Waals surface area contributed by atoms with Gasteiger partial charge >= 0.3 is 0 Å². The maximum atomic E-state index is 11.9. The molecule has 0 spiro atoms. The average molecular weight is 378 g/mol. The Labute approximate surface area is 165 Å². The van der Waals surface area contributed by atoms with Crippen molar-refractivity contribution in [2.45, 2.75) is 13.0 Å². The highest BCUT2D eigenvalue weighted by atomic mass is 16.5. The van der Waals surface area contributed by atoms with Gasteiger partial charge in [-0.1, -0.05) is 12.1 Å². The molecule has 2 aromatic carbocycles. The molecule has 1 fully saturated rings. The Kier molecular flexibility index (Phi) is 5.10. The van der Waals surface area contributed by atoms with E-state index in [1.807, 2.05) is 30.3 Å². The number of fused-ring (bicyclic) bond motifs is 1. The molecule has 0 bridgehead atoms. The van der Waals surface area contributed by atoms with E-state index in [-0.39, 0.29) is 6.04 Å². The van der Waals surface area contributed by atoms with Crippen LogP contribution < -0.4 is 19.9 Å². The van der Waals surface area contributed by atoms with Crippen molar-refractivity contribution >= 4 is 34.4 Å². The minimum atomic E-state index is -0.210. The Bertz CT molecular complexity index is 968. The third-order valence-electron chi connectivity index (χ3n) is 5.31. The molecule has 0 radical (unpaired) electrons. The van der Waals surface area contributed by atoms with E-state index >= 15 is 0 Å². The molecule has 0 amide bonds. The van der Waals surface area contributed by atoms with Gasteiger partial charge in [-0.2, -0.15) is 0 Å². The Morgan fingerprint density at radius 1 is 1.21 bits per heavy atom. The van der Waals surface area contributed by atoms with Gasteiger partial charge in [0.1, 0.15) is 23.9 Å². The fraction of sp³-hybridized carbons (Fsp3) is 0.318. The highest BCUT2D eigenvalue weighted by Crippen LogP contribution is 2.31. The van der Waals surface area contributed by atoms with E-state index in [0.717, 1.165) is 59.8 Å². The number of rotatable bonds is 6. The first kappa shape index (κ1) is 18.2. The van der Waals surface area contributed by atoms with Crippen molar-refractivity contribution in [1.82, 2.24) is 4.98 Å². The number of hydrogen-bond acceptors (Lipinski definition) is 5.